The molecular weight excluding hydrogens is 615 g/mol. The van der Waals surface area contributed by atoms with Gasteiger partial charge in [-0.25, -0.2) is 29.5 Å². The number of H-pyrrole nitrogens is 2. The number of hydrogen-bond acceptors (Lipinski definition) is 18. The molecule has 7 unspecified atom stereocenters. The van der Waals surface area contributed by atoms with E-state index in [0.717, 1.165) is 21.5 Å². The van der Waals surface area contributed by atoms with Crippen LogP contribution in [0.2, 0.25) is 0 Å². The van der Waals surface area contributed by atoms with E-state index in [0.29, 0.717) is 0 Å². The molecule has 8 N–H and O–H groups in total. The summed E-state index contributed by atoms with van der Waals surface area (Å²) in [7, 11) is -3.98. The van der Waals surface area contributed by atoms with Gasteiger partial charge in [0.1, 0.15) is 24.4 Å². The fraction of sp³-hybridized carbons (Fsp3) is 0.600. The SMILES string of the molecule is Cc1cn([C@@H]2O[C@H](C(O)O[PH](=O)OC(OO)[C@H]3O[C@@H](n4cc(C)c(=O)[nH]c4=O)C(OO)C3OO)C(O)C2O)c(=O)[nH]c1=O. The third-order valence-electron chi connectivity index (χ3n) is 6.67. The van der Waals surface area contributed by atoms with Gasteiger partial charge in [-0.15, -0.1) is 0 Å². The fourth-order valence-electron chi connectivity index (χ4n) is 4.48. The summed E-state index contributed by atoms with van der Waals surface area (Å²) in [4.78, 5) is 64.3. The van der Waals surface area contributed by atoms with Crippen LogP contribution in [-0.4, -0.2) is 99.4 Å². The quantitative estimate of drug-likeness (QED) is 0.0510. The first kappa shape index (κ1) is 33.0. The third-order valence-corrected chi connectivity index (χ3v) is 7.53. The molecule has 0 aromatic carbocycles. The standard InChI is InChI=1S/C20H27N4O18P/c1-5-3-23(19(30)21-13(5)27)15-8(26)7(25)9(36-15)17(29)41-43(35)42-18(40-34)12-10(38-32)11(39-33)16(37-12)24-4-6(2)14(28)22-20(24)31/h3-4,7-12,15-18,25-26,29,32-34,43H,1-2H3,(H,21,27,30)(H,22,28,31)/t7?,8?,9-,10?,11?,12-,15+,16+,17?,18?/m0/s1. The van der Waals surface area contributed by atoms with Crippen molar-refractivity contribution in [1.82, 2.24) is 19.1 Å². The molecule has 11 atom stereocenters. The fourth-order valence-corrected chi connectivity index (χ4v) is 5.23. The van der Waals surface area contributed by atoms with Crippen LogP contribution >= 0.6 is 8.25 Å². The zero-order valence-corrected chi connectivity index (χ0v) is 22.9. The molecule has 240 valence electrons. The van der Waals surface area contributed by atoms with E-state index in [-0.39, 0.29) is 11.1 Å². The summed E-state index contributed by atoms with van der Waals surface area (Å²) in [6.45, 7) is 2.68. The number of aliphatic hydroxyl groups is 3. The molecule has 43 heavy (non-hydrogen) atoms. The molecular formula is C20H27N4O18P. The topological polar surface area (TPSA) is 313 Å². The van der Waals surface area contributed by atoms with E-state index >= 15 is 0 Å². The number of rotatable bonds is 11. The lowest BCUT2D eigenvalue weighted by atomic mass is 10.1. The predicted molar refractivity (Wildman–Crippen MR) is 132 cm³/mol. The van der Waals surface area contributed by atoms with Crippen molar-refractivity contribution in [1.29, 1.82) is 0 Å². The van der Waals surface area contributed by atoms with Gasteiger partial charge < -0.3 is 24.8 Å². The van der Waals surface area contributed by atoms with Gasteiger partial charge in [0.05, 0.1) is 0 Å². The first-order valence-corrected chi connectivity index (χ1v) is 13.3. The molecule has 22 nitrogen and oxygen atoms in total. The summed E-state index contributed by atoms with van der Waals surface area (Å²) in [5.74, 6) is 0. The Morgan fingerprint density at radius 1 is 0.814 bits per heavy atom. The van der Waals surface area contributed by atoms with E-state index in [9.17, 15) is 54.8 Å². The molecule has 2 saturated heterocycles. The zero-order valence-electron chi connectivity index (χ0n) is 21.9. The number of aryl methyl sites for hydroxylation is 2. The van der Waals surface area contributed by atoms with Crippen molar-refractivity contribution in [3.8, 4) is 0 Å². The van der Waals surface area contributed by atoms with Crippen LogP contribution in [0.1, 0.15) is 23.6 Å². The Morgan fingerprint density at radius 3 is 1.84 bits per heavy atom. The minimum absolute atomic E-state index is 0.0210. The Bertz CT molecular complexity index is 1560. The second-order valence-electron chi connectivity index (χ2n) is 9.41. The van der Waals surface area contributed by atoms with Crippen molar-refractivity contribution < 1.29 is 68.8 Å². The summed E-state index contributed by atoms with van der Waals surface area (Å²) in [5.41, 5.74) is -3.44. The number of ether oxygens (including phenoxy) is 2. The van der Waals surface area contributed by atoms with Gasteiger partial charge in [0, 0.05) is 23.5 Å². The Hall–Kier alpha value is -2.93. The van der Waals surface area contributed by atoms with Crippen molar-refractivity contribution in [3.05, 3.63) is 65.2 Å². The highest BCUT2D eigenvalue weighted by Gasteiger charge is 2.54. The highest BCUT2D eigenvalue weighted by Crippen LogP contribution is 2.40. The average molecular weight is 642 g/mol. The van der Waals surface area contributed by atoms with Gasteiger partial charge in [0.15, 0.2) is 31.0 Å². The van der Waals surface area contributed by atoms with E-state index in [4.69, 9.17) is 18.5 Å². The van der Waals surface area contributed by atoms with E-state index < -0.39 is 92.4 Å². The van der Waals surface area contributed by atoms with Gasteiger partial charge in [0.25, 0.3) is 11.1 Å². The average Bonchev–Trinajstić information content (AvgIpc) is 3.47. The molecule has 0 bridgehead atoms. The van der Waals surface area contributed by atoms with Crippen molar-refractivity contribution in [2.45, 2.75) is 75.5 Å². The number of aromatic amines is 2. The number of nitrogens with zero attached hydrogens (tertiary/aromatic N) is 2. The molecule has 2 aliphatic heterocycles. The molecule has 4 rings (SSSR count). The number of aliphatic hydroxyl groups excluding tert-OH is 3. The summed E-state index contributed by atoms with van der Waals surface area (Å²) in [5, 5.41) is 59.3. The van der Waals surface area contributed by atoms with Crippen LogP contribution < -0.4 is 22.5 Å². The Morgan fingerprint density at radius 2 is 1.33 bits per heavy atom. The van der Waals surface area contributed by atoms with Gasteiger partial charge in [-0.05, 0) is 13.8 Å². The van der Waals surface area contributed by atoms with Crippen molar-refractivity contribution >= 4 is 8.25 Å². The van der Waals surface area contributed by atoms with Gasteiger partial charge in [0.2, 0.25) is 6.29 Å². The Kier molecular flexibility index (Phi) is 10.3. The van der Waals surface area contributed by atoms with Gasteiger partial charge >= 0.3 is 19.6 Å². The van der Waals surface area contributed by atoms with E-state index in [1.807, 2.05) is 9.97 Å². The number of hydrogen-bond donors (Lipinski definition) is 8. The maximum absolute atomic E-state index is 12.6. The van der Waals surface area contributed by atoms with Crippen LogP contribution in [0.3, 0.4) is 0 Å². The molecule has 2 aliphatic rings. The molecule has 2 aromatic heterocycles. The maximum atomic E-state index is 12.6. The minimum Gasteiger partial charge on any atom is -0.387 e. The second-order valence-corrected chi connectivity index (χ2v) is 10.4. The van der Waals surface area contributed by atoms with Crippen molar-refractivity contribution in [3.63, 3.8) is 0 Å². The second kappa shape index (κ2) is 13.4. The highest BCUT2D eigenvalue weighted by atomic mass is 31.1. The molecule has 0 amide bonds. The molecule has 2 aromatic rings. The van der Waals surface area contributed by atoms with Crippen LogP contribution in [0.4, 0.5) is 0 Å². The number of nitrogens with one attached hydrogen (secondary N) is 2. The van der Waals surface area contributed by atoms with Crippen LogP contribution in [0.25, 0.3) is 0 Å². The first-order valence-electron chi connectivity index (χ1n) is 12.1. The van der Waals surface area contributed by atoms with E-state index in [1.54, 1.807) is 0 Å². The maximum Gasteiger partial charge on any atom is 0.330 e. The number of aromatic nitrogens is 4. The van der Waals surface area contributed by atoms with Crippen molar-refractivity contribution in [2.24, 2.45) is 0 Å². The first-order chi connectivity index (χ1) is 20.3. The normalized spacial score (nSPS) is 31.3. The highest BCUT2D eigenvalue weighted by molar-refractivity contribution is 7.33. The predicted octanol–water partition coefficient (Wildman–Crippen LogP) is -3.51. The monoisotopic (exact) mass is 642 g/mol. The molecule has 2 fully saturated rings. The van der Waals surface area contributed by atoms with Crippen LogP contribution in [0, 0.1) is 13.8 Å². The summed E-state index contributed by atoms with van der Waals surface area (Å²) in [6.07, 6.45) is -16.8. The minimum atomic E-state index is -3.98. The molecule has 0 radical (unpaired) electrons. The molecule has 0 spiro atoms. The van der Waals surface area contributed by atoms with Crippen LogP contribution in [-0.2, 0) is 37.7 Å². The summed E-state index contributed by atoms with van der Waals surface area (Å²) < 4.78 is 34.6. The lowest BCUT2D eigenvalue weighted by Gasteiger charge is -2.25. The Balaban J connectivity index is 1.47. The zero-order chi connectivity index (χ0) is 31.7. The van der Waals surface area contributed by atoms with E-state index in [2.05, 4.69) is 14.7 Å². The Labute approximate surface area is 237 Å². The molecule has 0 aliphatic carbocycles. The molecule has 23 heteroatoms. The van der Waals surface area contributed by atoms with Gasteiger partial charge in [-0.2, -0.15) is 0 Å². The van der Waals surface area contributed by atoms with Gasteiger partial charge in [-0.3, -0.25) is 52.8 Å². The lowest BCUT2D eigenvalue weighted by Crippen LogP contribution is -2.43. The summed E-state index contributed by atoms with van der Waals surface area (Å²) in [6, 6.07) is 0. The molecule has 0 saturated carbocycles. The lowest BCUT2D eigenvalue weighted by molar-refractivity contribution is -0.380. The smallest absolute Gasteiger partial charge is 0.330 e. The van der Waals surface area contributed by atoms with E-state index in [1.165, 1.54) is 13.8 Å². The van der Waals surface area contributed by atoms with Gasteiger partial charge in [-0.1, -0.05) is 0 Å². The third kappa shape index (κ3) is 6.47. The van der Waals surface area contributed by atoms with Crippen LogP contribution in [0.5, 0.6) is 0 Å². The summed E-state index contributed by atoms with van der Waals surface area (Å²) >= 11 is 0. The van der Waals surface area contributed by atoms with Crippen molar-refractivity contribution in [2.75, 3.05) is 0 Å². The molecule has 4 heterocycles. The van der Waals surface area contributed by atoms with Crippen LogP contribution in [0.15, 0.2) is 31.6 Å². The largest absolute Gasteiger partial charge is 0.387 e.